The second-order valence-electron chi connectivity index (χ2n) is 5.15. The molecule has 0 spiro atoms. The monoisotopic (exact) mass is 240 g/mol. The average Bonchev–Trinajstić information content (AvgIpc) is 2.33. The number of hydrogen-bond donors (Lipinski definition) is 2. The Bertz CT molecular complexity index is 218. The van der Waals surface area contributed by atoms with Crippen LogP contribution in [0.1, 0.15) is 65.2 Å². The molecule has 1 heterocycles. The molecule has 2 N–H and O–H groups in total. The minimum absolute atomic E-state index is 0.0573. The van der Waals surface area contributed by atoms with Crippen molar-refractivity contribution in [2.75, 3.05) is 6.54 Å². The highest BCUT2D eigenvalue weighted by atomic mass is 16.2. The molecule has 1 aliphatic heterocycles. The molecule has 0 aromatic carbocycles. The van der Waals surface area contributed by atoms with Crippen molar-refractivity contribution < 1.29 is 4.79 Å². The van der Waals surface area contributed by atoms with Gasteiger partial charge in [0.25, 0.3) is 0 Å². The highest BCUT2D eigenvalue weighted by molar-refractivity contribution is 5.82. The lowest BCUT2D eigenvalue weighted by atomic mass is 10.0. The van der Waals surface area contributed by atoms with Gasteiger partial charge >= 0.3 is 0 Å². The van der Waals surface area contributed by atoms with E-state index < -0.39 is 0 Å². The number of piperazine rings is 1. The van der Waals surface area contributed by atoms with Crippen LogP contribution in [0.3, 0.4) is 0 Å². The summed E-state index contributed by atoms with van der Waals surface area (Å²) >= 11 is 0. The van der Waals surface area contributed by atoms with E-state index in [0.717, 1.165) is 19.4 Å². The second kappa shape index (κ2) is 8.51. The van der Waals surface area contributed by atoms with Gasteiger partial charge in [0.2, 0.25) is 5.91 Å². The van der Waals surface area contributed by atoms with E-state index in [-0.39, 0.29) is 11.9 Å². The Morgan fingerprint density at radius 2 is 1.71 bits per heavy atom. The molecule has 2 unspecified atom stereocenters. The zero-order valence-corrected chi connectivity index (χ0v) is 11.4. The molecular formula is C14H28N2O. The lowest BCUT2D eigenvalue weighted by molar-refractivity contribution is -0.125. The van der Waals surface area contributed by atoms with Crippen molar-refractivity contribution in [2.24, 2.45) is 0 Å². The minimum Gasteiger partial charge on any atom is -0.353 e. The molecule has 1 aliphatic rings. The number of nitrogens with one attached hydrogen (secondary N) is 2. The van der Waals surface area contributed by atoms with Crippen LogP contribution in [0.25, 0.3) is 0 Å². The molecular weight excluding hydrogens is 212 g/mol. The lowest BCUT2D eigenvalue weighted by Crippen LogP contribution is -2.58. The van der Waals surface area contributed by atoms with Crippen LogP contribution in [0.2, 0.25) is 0 Å². The molecule has 0 aliphatic carbocycles. The van der Waals surface area contributed by atoms with Crippen molar-refractivity contribution in [1.29, 1.82) is 0 Å². The maximum atomic E-state index is 11.7. The Morgan fingerprint density at radius 1 is 1.06 bits per heavy atom. The predicted molar refractivity (Wildman–Crippen MR) is 72.0 cm³/mol. The topological polar surface area (TPSA) is 41.1 Å². The molecule has 2 atom stereocenters. The minimum atomic E-state index is 0.0573. The van der Waals surface area contributed by atoms with Crippen molar-refractivity contribution in [3.8, 4) is 0 Å². The van der Waals surface area contributed by atoms with Crippen LogP contribution in [0.15, 0.2) is 0 Å². The van der Waals surface area contributed by atoms with Crippen LogP contribution in [0.5, 0.6) is 0 Å². The molecule has 100 valence electrons. The molecule has 3 nitrogen and oxygen atoms in total. The first kappa shape index (κ1) is 14.5. The molecule has 0 saturated carbocycles. The van der Waals surface area contributed by atoms with Crippen molar-refractivity contribution in [1.82, 2.24) is 10.6 Å². The lowest BCUT2D eigenvalue weighted by Gasteiger charge is -2.31. The SMILES string of the molecule is CCCCCC1CNC(=O)C(CCCCC)N1. The van der Waals surface area contributed by atoms with Crippen LogP contribution < -0.4 is 10.6 Å². The van der Waals surface area contributed by atoms with Gasteiger partial charge in [-0.1, -0.05) is 52.4 Å². The van der Waals surface area contributed by atoms with E-state index in [0.29, 0.717) is 6.04 Å². The fraction of sp³-hybridized carbons (Fsp3) is 0.929. The molecule has 0 aromatic heterocycles. The molecule has 0 radical (unpaired) electrons. The third kappa shape index (κ3) is 5.53. The normalized spacial score (nSPS) is 24.7. The second-order valence-corrected chi connectivity index (χ2v) is 5.15. The van der Waals surface area contributed by atoms with Gasteiger partial charge in [-0.3, -0.25) is 4.79 Å². The third-order valence-electron chi connectivity index (χ3n) is 3.53. The van der Waals surface area contributed by atoms with Gasteiger partial charge in [-0.15, -0.1) is 0 Å². The Labute approximate surface area is 106 Å². The Morgan fingerprint density at radius 3 is 2.35 bits per heavy atom. The van der Waals surface area contributed by atoms with E-state index >= 15 is 0 Å². The summed E-state index contributed by atoms with van der Waals surface area (Å²) in [7, 11) is 0. The molecule has 0 bridgehead atoms. The molecule has 1 fully saturated rings. The zero-order chi connectivity index (χ0) is 12.5. The number of hydrogen-bond acceptors (Lipinski definition) is 2. The Balaban J connectivity index is 2.24. The average molecular weight is 240 g/mol. The summed E-state index contributed by atoms with van der Waals surface area (Å²) in [5, 5.41) is 6.54. The van der Waals surface area contributed by atoms with E-state index in [1.165, 1.54) is 38.5 Å². The number of amides is 1. The summed E-state index contributed by atoms with van der Waals surface area (Å²) in [6.45, 7) is 5.23. The van der Waals surface area contributed by atoms with Crippen molar-refractivity contribution in [2.45, 2.75) is 77.3 Å². The van der Waals surface area contributed by atoms with Crippen LogP contribution in [-0.2, 0) is 4.79 Å². The number of carbonyl (C=O) groups is 1. The smallest absolute Gasteiger partial charge is 0.237 e. The number of unbranched alkanes of at least 4 members (excludes halogenated alkanes) is 4. The van der Waals surface area contributed by atoms with E-state index in [2.05, 4.69) is 24.5 Å². The maximum absolute atomic E-state index is 11.7. The number of carbonyl (C=O) groups excluding carboxylic acids is 1. The van der Waals surface area contributed by atoms with Gasteiger partial charge in [-0.25, -0.2) is 0 Å². The first-order chi connectivity index (χ1) is 8.27. The summed E-state index contributed by atoms with van der Waals surface area (Å²) in [6, 6.07) is 0.549. The summed E-state index contributed by atoms with van der Waals surface area (Å²) in [5.74, 6) is 0.202. The molecule has 0 aromatic rings. The van der Waals surface area contributed by atoms with Crippen molar-refractivity contribution in [3.05, 3.63) is 0 Å². The van der Waals surface area contributed by atoms with Crippen LogP contribution in [0, 0.1) is 0 Å². The fourth-order valence-corrected chi connectivity index (χ4v) is 2.41. The predicted octanol–water partition coefficient (Wildman–Crippen LogP) is 2.60. The van der Waals surface area contributed by atoms with Gasteiger partial charge in [0.1, 0.15) is 0 Å². The molecule has 3 heteroatoms. The first-order valence-corrected chi connectivity index (χ1v) is 7.31. The van der Waals surface area contributed by atoms with Gasteiger partial charge in [-0.05, 0) is 12.8 Å². The molecule has 1 amide bonds. The van der Waals surface area contributed by atoms with Gasteiger partial charge in [0, 0.05) is 12.6 Å². The van der Waals surface area contributed by atoms with Gasteiger partial charge < -0.3 is 10.6 Å². The van der Waals surface area contributed by atoms with Gasteiger partial charge in [0.15, 0.2) is 0 Å². The van der Waals surface area contributed by atoms with Gasteiger partial charge in [0.05, 0.1) is 6.04 Å². The van der Waals surface area contributed by atoms with Crippen LogP contribution in [0.4, 0.5) is 0 Å². The van der Waals surface area contributed by atoms with E-state index in [4.69, 9.17) is 0 Å². The summed E-state index contributed by atoms with van der Waals surface area (Å²) in [5.41, 5.74) is 0. The van der Waals surface area contributed by atoms with Crippen LogP contribution in [-0.4, -0.2) is 24.5 Å². The van der Waals surface area contributed by atoms with Crippen molar-refractivity contribution in [3.63, 3.8) is 0 Å². The van der Waals surface area contributed by atoms with E-state index in [1.54, 1.807) is 0 Å². The Hall–Kier alpha value is -0.570. The standard InChI is InChI=1S/C14H28N2O/c1-3-5-7-9-12-11-15-14(17)13(16-12)10-8-6-4-2/h12-13,16H,3-11H2,1-2H3,(H,15,17). The van der Waals surface area contributed by atoms with Crippen molar-refractivity contribution >= 4 is 5.91 Å². The molecule has 17 heavy (non-hydrogen) atoms. The summed E-state index contributed by atoms with van der Waals surface area (Å²) in [4.78, 5) is 11.7. The zero-order valence-electron chi connectivity index (χ0n) is 11.4. The largest absolute Gasteiger partial charge is 0.353 e. The highest BCUT2D eigenvalue weighted by Gasteiger charge is 2.26. The summed E-state index contributed by atoms with van der Waals surface area (Å²) < 4.78 is 0. The fourth-order valence-electron chi connectivity index (χ4n) is 2.41. The van der Waals surface area contributed by atoms with Crippen LogP contribution >= 0.6 is 0 Å². The maximum Gasteiger partial charge on any atom is 0.237 e. The third-order valence-corrected chi connectivity index (χ3v) is 3.53. The van der Waals surface area contributed by atoms with E-state index in [9.17, 15) is 4.79 Å². The summed E-state index contributed by atoms with van der Waals surface area (Å²) in [6.07, 6.45) is 9.61. The molecule has 1 rings (SSSR count). The quantitative estimate of drug-likeness (QED) is 0.640. The molecule has 1 saturated heterocycles. The van der Waals surface area contributed by atoms with E-state index in [1.807, 2.05) is 0 Å². The first-order valence-electron chi connectivity index (χ1n) is 7.31. The van der Waals surface area contributed by atoms with Gasteiger partial charge in [-0.2, -0.15) is 0 Å². The Kier molecular flexibility index (Phi) is 7.25. The highest BCUT2D eigenvalue weighted by Crippen LogP contribution is 2.11. The number of rotatable bonds is 8.